The lowest BCUT2D eigenvalue weighted by Gasteiger charge is -2.11. The molecule has 0 bridgehead atoms. The number of aromatic carboxylic acids is 1. The molecule has 122 valence electrons. The first-order valence-electron chi connectivity index (χ1n) is 6.85. The number of benzene rings is 2. The molecule has 0 aliphatic rings. The van der Waals surface area contributed by atoms with Crippen molar-refractivity contribution in [2.24, 2.45) is 0 Å². The number of hydrogen-bond donors (Lipinski definition) is 2. The van der Waals surface area contributed by atoms with E-state index in [1.807, 2.05) is 30.3 Å². The second-order valence-corrected chi connectivity index (χ2v) is 5.94. The first kappa shape index (κ1) is 15.8. The van der Waals surface area contributed by atoms with Crippen LogP contribution in [0.4, 0.5) is 16.4 Å². The third kappa shape index (κ3) is 2.86. The summed E-state index contributed by atoms with van der Waals surface area (Å²) in [6, 6.07) is 12.3. The van der Waals surface area contributed by atoms with E-state index in [0.717, 1.165) is 10.8 Å². The number of anilines is 2. The second-order valence-electron chi connectivity index (χ2n) is 4.91. The Labute approximate surface area is 140 Å². The smallest absolute Gasteiger partial charge is 0.348 e. The summed E-state index contributed by atoms with van der Waals surface area (Å²) >= 11 is 0.616. The largest absolute Gasteiger partial charge is 0.496 e. The summed E-state index contributed by atoms with van der Waals surface area (Å²) in [5.74, 6) is -0.597. The average Bonchev–Trinajstić information content (AvgIpc) is 2.98. The van der Waals surface area contributed by atoms with E-state index in [-0.39, 0.29) is 15.6 Å². The van der Waals surface area contributed by atoms with Crippen LogP contribution in [0.25, 0.3) is 10.8 Å². The van der Waals surface area contributed by atoms with Gasteiger partial charge in [0.2, 0.25) is 0 Å². The highest BCUT2D eigenvalue weighted by molar-refractivity contribution is 7.17. The second kappa shape index (κ2) is 6.17. The van der Waals surface area contributed by atoms with Crippen molar-refractivity contribution in [1.82, 2.24) is 0 Å². The standard InChI is InChI=1S/C16H12N2O5S/c1-23-13-7-10(6-9-4-2-3-5-11(9)13)17-12-8-14(18(21)22)24-15(12)16(19)20/h2-8,17H,1H3,(H,19,20). The normalized spacial score (nSPS) is 10.5. The topological polar surface area (TPSA) is 102 Å². The van der Waals surface area contributed by atoms with Crippen molar-refractivity contribution in [3.8, 4) is 5.75 Å². The third-order valence-electron chi connectivity index (χ3n) is 3.42. The van der Waals surface area contributed by atoms with Gasteiger partial charge in [0.05, 0.1) is 23.8 Å². The van der Waals surface area contributed by atoms with Crippen LogP contribution in [0.1, 0.15) is 9.67 Å². The summed E-state index contributed by atoms with van der Waals surface area (Å²) in [6.07, 6.45) is 0. The fourth-order valence-corrected chi connectivity index (χ4v) is 3.16. The number of methoxy groups -OCH3 is 1. The molecular weight excluding hydrogens is 332 g/mol. The van der Waals surface area contributed by atoms with Gasteiger partial charge < -0.3 is 15.2 Å². The van der Waals surface area contributed by atoms with Crippen molar-refractivity contribution < 1.29 is 19.6 Å². The van der Waals surface area contributed by atoms with E-state index in [1.165, 1.54) is 6.07 Å². The first-order chi connectivity index (χ1) is 11.5. The van der Waals surface area contributed by atoms with Crippen molar-refractivity contribution in [3.05, 3.63) is 57.5 Å². The molecule has 0 radical (unpaired) electrons. The molecule has 0 aliphatic heterocycles. The highest BCUT2D eigenvalue weighted by atomic mass is 32.1. The Hall–Kier alpha value is -3.13. The van der Waals surface area contributed by atoms with Gasteiger partial charge in [-0.2, -0.15) is 0 Å². The van der Waals surface area contributed by atoms with Crippen molar-refractivity contribution in [2.75, 3.05) is 12.4 Å². The van der Waals surface area contributed by atoms with E-state index in [2.05, 4.69) is 5.32 Å². The first-order valence-corrected chi connectivity index (χ1v) is 7.66. The zero-order valence-corrected chi connectivity index (χ0v) is 13.3. The van der Waals surface area contributed by atoms with Gasteiger partial charge in [0, 0.05) is 17.1 Å². The predicted octanol–water partition coefficient (Wildman–Crippen LogP) is 4.26. The van der Waals surface area contributed by atoms with Gasteiger partial charge in [0.1, 0.15) is 10.6 Å². The number of fused-ring (bicyclic) bond motifs is 1. The van der Waals surface area contributed by atoms with Crippen molar-refractivity contribution in [2.45, 2.75) is 0 Å². The number of nitro groups is 1. The van der Waals surface area contributed by atoms with Gasteiger partial charge in [-0.05, 0) is 11.5 Å². The van der Waals surface area contributed by atoms with E-state index < -0.39 is 10.9 Å². The quantitative estimate of drug-likeness (QED) is 0.530. The van der Waals surface area contributed by atoms with Crippen molar-refractivity contribution in [1.29, 1.82) is 0 Å². The molecule has 7 nitrogen and oxygen atoms in total. The Morgan fingerprint density at radius 2 is 2.04 bits per heavy atom. The maximum absolute atomic E-state index is 11.3. The Kier molecular flexibility index (Phi) is 4.05. The maximum atomic E-state index is 11.3. The molecule has 3 rings (SSSR count). The Morgan fingerprint density at radius 1 is 1.29 bits per heavy atom. The number of nitrogens with zero attached hydrogens (tertiary/aromatic N) is 1. The molecule has 1 heterocycles. The van der Waals surface area contributed by atoms with Crippen molar-refractivity contribution >= 4 is 44.5 Å². The molecule has 2 aromatic carbocycles. The molecule has 0 amide bonds. The number of nitrogens with one attached hydrogen (secondary N) is 1. The lowest BCUT2D eigenvalue weighted by Crippen LogP contribution is -1.99. The fourth-order valence-electron chi connectivity index (χ4n) is 2.39. The third-order valence-corrected chi connectivity index (χ3v) is 4.49. The van der Waals surface area contributed by atoms with Crippen LogP contribution >= 0.6 is 11.3 Å². The number of rotatable bonds is 5. The monoisotopic (exact) mass is 344 g/mol. The van der Waals surface area contributed by atoms with Crippen LogP contribution in [-0.2, 0) is 0 Å². The molecule has 0 atom stereocenters. The van der Waals surface area contributed by atoms with Crippen LogP contribution in [0, 0.1) is 10.1 Å². The lowest BCUT2D eigenvalue weighted by molar-refractivity contribution is -0.380. The summed E-state index contributed by atoms with van der Waals surface area (Å²) in [5, 5.41) is 24.7. The summed E-state index contributed by atoms with van der Waals surface area (Å²) in [6.45, 7) is 0. The summed E-state index contributed by atoms with van der Waals surface area (Å²) < 4.78 is 5.37. The van der Waals surface area contributed by atoms with E-state index in [4.69, 9.17) is 4.74 Å². The zero-order valence-electron chi connectivity index (χ0n) is 12.5. The number of carboxylic acids is 1. The van der Waals surface area contributed by atoms with Crippen LogP contribution in [0.15, 0.2) is 42.5 Å². The Bertz CT molecular complexity index is 951. The molecule has 0 spiro atoms. The lowest BCUT2D eigenvalue weighted by atomic mass is 10.1. The van der Waals surface area contributed by atoms with Crippen LogP contribution in [0.2, 0.25) is 0 Å². The van der Waals surface area contributed by atoms with Crippen LogP contribution in [0.5, 0.6) is 5.75 Å². The van der Waals surface area contributed by atoms with E-state index in [1.54, 1.807) is 13.2 Å². The molecule has 0 unspecified atom stereocenters. The molecule has 24 heavy (non-hydrogen) atoms. The SMILES string of the molecule is COc1cc(Nc2cc([N+](=O)[O-])sc2C(=O)O)cc2ccccc12. The highest BCUT2D eigenvalue weighted by Gasteiger charge is 2.21. The predicted molar refractivity (Wildman–Crippen MR) is 91.7 cm³/mol. The molecule has 0 saturated heterocycles. The van der Waals surface area contributed by atoms with Gasteiger partial charge in [-0.3, -0.25) is 10.1 Å². The molecule has 2 N–H and O–H groups in total. The van der Waals surface area contributed by atoms with Gasteiger partial charge in [-0.15, -0.1) is 0 Å². The molecule has 0 fully saturated rings. The van der Waals surface area contributed by atoms with Crippen LogP contribution in [-0.4, -0.2) is 23.1 Å². The minimum Gasteiger partial charge on any atom is -0.496 e. The van der Waals surface area contributed by atoms with E-state index >= 15 is 0 Å². The minimum atomic E-state index is -1.22. The molecule has 1 aromatic heterocycles. The highest BCUT2D eigenvalue weighted by Crippen LogP contribution is 2.37. The van der Waals surface area contributed by atoms with E-state index in [9.17, 15) is 20.0 Å². The van der Waals surface area contributed by atoms with Crippen molar-refractivity contribution in [3.63, 3.8) is 0 Å². The number of carbonyl (C=O) groups is 1. The van der Waals surface area contributed by atoms with Crippen LogP contribution < -0.4 is 10.1 Å². The van der Waals surface area contributed by atoms with Gasteiger partial charge in [0.15, 0.2) is 0 Å². The summed E-state index contributed by atoms with van der Waals surface area (Å²) in [7, 11) is 1.55. The van der Waals surface area contributed by atoms with Crippen LogP contribution in [0.3, 0.4) is 0 Å². The number of thiophene rings is 1. The molecule has 0 aliphatic carbocycles. The minimum absolute atomic E-state index is 0.117. The molecule has 8 heteroatoms. The number of hydrogen-bond acceptors (Lipinski definition) is 6. The van der Waals surface area contributed by atoms with Gasteiger partial charge in [-0.1, -0.05) is 35.6 Å². The average molecular weight is 344 g/mol. The van der Waals surface area contributed by atoms with Gasteiger partial charge in [-0.25, -0.2) is 4.79 Å². The summed E-state index contributed by atoms with van der Waals surface area (Å²) in [5.41, 5.74) is 0.761. The zero-order chi connectivity index (χ0) is 17.3. The number of carboxylic acid groups (broad SMARTS) is 1. The maximum Gasteiger partial charge on any atom is 0.348 e. The Morgan fingerprint density at radius 3 is 2.71 bits per heavy atom. The molecule has 3 aromatic rings. The Balaban J connectivity index is 2.07. The number of ether oxygens (including phenoxy) is 1. The molecular formula is C16H12N2O5S. The van der Waals surface area contributed by atoms with Gasteiger partial charge >= 0.3 is 11.0 Å². The summed E-state index contributed by atoms with van der Waals surface area (Å²) in [4.78, 5) is 21.5. The fraction of sp³-hybridized carbons (Fsp3) is 0.0625. The van der Waals surface area contributed by atoms with Gasteiger partial charge in [0.25, 0.3) is 0 Å². The molecule has 0 saturated carbocycles. The van der Waals surface area contributed by atoms with E-state index in [0.29, 0.717) is 22.8 Å².